The molecule has 9 heteroatoms. The van der Waals surface area contributed by atoms with Crippen molar-refractivity contribution in [2.24, 2.45) is 0 Å². The average molecular weight is 445 g/mol. The molecule has 1 aromatic carbocycles. The lowest BCUT2D eigenvalue weighted by Crippen LogP contribution is -2.22. The fraction of sp³-hybridized carbons (Fsp3) is 0.435. The number of alkyl halides is 2. The summed E-state index contributed by atoms with van der Waals surface area (Å²) in [6, 6.07) is 5.38. The Morgan fingerprint density at radius 3 is 2.75 bits per heavy atom. The average Bonchev–Trinajstić information content (AvgIpc) is 3.24. The normalized spacial score (nSPS) is 17.7. The number of aryl methyl sites for hydroxylation is 1. The number of anilines is 2. The molecule has 0 bridgehead atoms. The molecule has 170 valence electrons. The smallest absolute Gasteiger partial charge is 0.273 e. The zero-order valence-electron chi connectivity index (χ0n) is 18.5. The largest absolute Gasteiger partial charge is 0.380 e. The fourth-order valence-electron chi connectivity index (χ4n) is 4.09. The Kier molecular flexibility index (Phi) is 5.94. The van der Waals surface area contributed by atoms with Gasteiger partial charge in [0.1, 0.15) is 5.82 Å². The lowest BCUT2D eigenvalue weighted by molar-refractivity contribution is 0.0136. The van der Waals surface area contributed by atoms with Crippen molar-refractivity contribution in [3.63, 3.8) is 0 Å². The second-order valence-corrected chi connectivity index (χ2v) is 8.28. The van der Waals surface area contributed by atoms with Crippen molar-refractivity contribution in [3.05, 3.63) is 53.1 Å². The van der Waals surface area contributed by atoms with Gasteiger partial charge in [-0.25, -0.2) is 13.2 Å². The third kappa shape index (κ3) is 4.21. The molecular formula is C23H26F3N5O. The Balaban J connectivity index is 1.69. The zero-order valence-corrected chi connectivity index (χ0v) is 18.5. The Labute approximate surface area is 184 Å². The van der Waals surface area contributed by atoms with Gasteiger partial charge in [-0.15, -0.1) is 5.10 Å². The van der Waals surface area contributed by atoms with Crippen molar-refractivity contribution < 1.29 is 17.9 Å². The molecule has 0 unspecified atom stereocenters. The standard InChI is InChI=1S/C23H26F3N5O/c1-13(17-6-5-7-19(20(17)24)23(3,25)26)28-22-18-10-15(31-9-8-16(12-31)32-4)11-27-21(18)14(2)29-30-22/h5-7,10-11,13,16H,8-9,12H2,1-4H3,(H,28,30)/t13-,16+/m1/s1. The zero-order chi connectivity index (χ0) is 23.0. The maximum Gasteiger partial charge on any atom is 0.273 e. The number of halogens is 3. The van der Waals surface area contributed by atoms with E-state index in [1.165, 1.54) is 12.1 Å². The van der Waals surface area contributed by atoms with Crippen molar-refractivity contribution in [1.82, 2.24) is 15.2 Å². The number of rotatable bonds is 6. The molecule has 6 nitrogen and oxygen atoms in total. The molecule has 0 saturated carbocycles. The molecule has 1 fully saturated rings. The number of hydrogen-bond donors (Lipinski definition) is 1. The molecule has 1 aliphatic rings. The molecule has 3 aromatic rings. The monoisotopic (exact) mass is 445 g/mol. The first-order valence-corrected chi connectivity index (χ1v) is 10.5. The molecule has 0 spiro atoms. The van der Waals surface area contributed by atoms with Gasteiger partial charge in [-0.05, 0) is 26.3 Å². The van der Waals surface area contributed by atoms with Gasteiger partial charge in [-0.3, -0.25) is 4.98 Å². The summed E-state index contributed by atoms with van der Waals surface area (Å²) < 4.78 is 47.9. The molecule has 2 aromatic heterocycles. The summed E-state index contributed by atoms with van der Waals surface area (Å²) in [4.78, 5) is 6.77. The van der Waals surface area contributed by atoms with E-state index in [4.69, 9.17) is 4.74 Å². The summed E-state index contributed by atoms with van der Waals surface area (Å²) in [7, 11) is 1.71. The minimum Gasteiger partial charge on any atom is -0.380 e. The molecule has 3 heterocycles. The van der Waals surface area contributed by atoms with Crippen LogP contribution in [0, 0.1) is 12.7 Å². The van der Waals surface area contributed by atoms with Crippen molar-refractivity contribution in [2.75, 3.05) is 30.4 Å². The number of benzene rings is 1. The molecule has 4 rings (SSSR count). The number of nitrogens with zero attached hydrogens (tertiary/aromatic N) is 4. The molecule has 0 radical (unpaired) electrons. The molecular weight excluding hydrogens is 419 g/mol. The van der Waals surface area contributed by atoms with Gasteiger partial charge in [0.2, 0.25) is 0 Å². The first-order chi connectivity index (χ1) is 15.2. The van der Waals surface area contributed by atoms with Crippen molar-refractivity contribution in [1.29, 1.82) is 0 Å². The topological polar surface area (TPSA) is 63.2 Å². The van der Waals surface area contributed by atoms with Gasteiger partial charge < -0.3 is 15.0 Å². The quantitative estimate of drug-likeness (QED) is 0.577. The van der Waals surface area contributed by atoms with Crippen LogP contribution in [0.2, 0.25) is 0 Å². The van der Waals surface area contributed by atoms with E-state index in [1.54, 1.807) is 20.2 Å². The predicted octanol–water partition coefficient (Wildman–Crippen LogP) is 4.98. The maximum atomic E-state index is 14.9. The van der Waals surface area contributed by atoms with E-state index < -0.39 is 23.3 Å². The SMILES string of the molecule is CO[C@H]1CCN(c2cnc3c(C)nnc(N[C@H](C)c4cccc(C(C)(F)F)c4F)c3c2)C1. The summed E-state index contributed by atoms with van der Waals surface area (Å²) in [6.45, 7) is 5.82. The third-order valence-electron chi connectivity index (χ3n) is 5.94. The van der Waals surface area contributed by atoms with Crippen molar-refractivity contribution >= 4 is 22.4 Å². The van der Waals surface area contributed by atoms with Crippen LogP contribution < -0.4 is 10.2 Å². The number of hydrogen-bond acceptors (Lipinski definition) is 6. The molecule has 1 aliphatic heterocycles. The van der Waals surface area contributed by atoms with Crippen LogP contribution in [0.3, 0.4) is 0 Å². The van der Waals surface area contributed by atoms with E-state index in [2.05, 4.69) is 25.4 Å². The van der Waals surface area contributed by atoms with E-state index in [0.29, 0.717) is 24.0 Å². The lowest BCUT2D eigenvalue weighted by atomic mass is 10.0. The van der Waals surface area contributed by atoms with Crippen LogP contribution in [0.25, 0.3) is 10.9 Å². The molecule has 0 aliphatic carbocycles. The second kappa shape index (κ2) is 8.54. The highest BCUT2D eigenvalue weighted by atomic mass is 19.3. The van der Waals surface area contributed by atoms with Crippen LogP contribution in [0.5, 0.6) is 0 Å². The highest BCUT2D eigenvalue weighted by Crippen LogP contribution is 2.34. The van der Waals surface area contributed by atoms with E-state index in [9.17, 15) is 13.2 Å². The summed E-state index contributed by atoms with van der Waals surface area (Å²) in [6.07, 6.45) is 2.91. The molecule has 2 atom stereocenters. The van der Waals surface area contributed by atoms with Crippen LogP contribution in [-0.4, -0.2) is 41.5 Å². The van der Waals surface area contributed by atoms with E-state index >= 15 is 0 Å². The van der Waals surface area contributed by atoms with Crippen molar-refractivity contribution in [2.45, 2.75) is 45.3 Å². The van der Waals surface area contributed by atoms with Gasteiger partial charge in [0.15, 0.2) is 5.82 Å². The number of ether oxygens (including phenoxy) is 1. The van der Waals surface area contributed by atoms with Crippen LogP contribution >= 0.6 is 0 Å². The lowest BCUT2D eigenvalue weighted by Gasteiger charge is -2.21. The third-order valence-corrected chi connectivity index (χ3v) is 5.94. The Bertz CT molecular complexity index is 1130. The minimum absolute atomic E-state index is 0.131. The Hall–Kier alpha value is -2.94. The van der Waals surface area contributed by atoms with E-state index in [0.717, 1.165) is 36.7 Å². The predicted molar refractivity (Wildman–Crippen MR) is 118 cm³/mol. The molecule has 0 amide bonds. The van der Waals surface area contributed by atoms with Gasteiger partial charge >= 0.3 is 0 Å². The number of fused-ring (bicyclic) bond motifs is 1. The van der Waals surface area contributed by atoms with Crippen molar-refractivity contribution in [3.8, 4) is 0 Å². The summed E-state index contributed by atoms with van der Waals surface area (Å²) >= 11 is 0. The second-order valence-electron chi connectivity index (χ2n) is 8.28. The summed E-state index contributed by atoms with van der Waals surface area (Å²) in [5, 5.41) is 12.3. The van der Waals surface area contributed by atoms with Gasteiger partial charge in [0, 0.05) is 38.1 Å². The summed E-state index contributed by atoms with van der Waals surface area (Å²) in [5.41, 5.74) is 1.77. The highest BCUT2D eigenvalue weighted by molar-refractivity contribution is 5.92. The summed E-state index contributed by atoms with van der Waals surface area (Å²) in [5.74, 6) is -3.78. The van der Waals surface area contributed by atoms with Crippen LogP contribution in [0.1, 0.15) is 43.1 Å². The minimum atomic E-state index is -3.27. The first kappa shape index (κ1) is 22.3. The molecule has 1 N–H and O–H groups in total. The van der Waals surface area contributed by atoms with Gasteiger partial charge in [-0.1, -0.05) is 18.2 Å². The molecule has 1 saturated heterocycles. The number of pyridine rings is 1. The van der Waals surface area contributed by atoms with Crippen LogP contribution in [0.15, 0.2) is 30.5 Å². The molecule has 32 heavy (non-hydrogen) atoms. The maximum absolute atomic E-state index is 14.9. The number of nitrogens with one attached hydrogen (secondary N) is 1. The van der Waals surface area contributed by atoms with Crippen LogP contribution in [0.4, 0.5) is 24.7 Å². The Morgan fingerprint density at radius 1 is 1.28 bits per heavy atom. The highest BCUT2D eigenvalue weighted by Gasteiger charge is 2.30. The van der Waals surface area contributed by atoms with Gasteiger partial charge in [0.05, 0.1) is 40.8 Å². The number of aromatic nitrogens is 3. The van der Waals surface area contributed by atoms with Gasteiger partial charge in [0.25, 0.3) is 5.92 Å². The van der Waals surface area contributed by atoms with E-state index in [-0.39, 0.29) is 11.7 Å². The number of methoxy groups -OCH3 is 1. The van der Waals surface area contributed by atoms with Gasteiger partial charge in [-0.2, -0.15) is 5.10 Å². The van der Waals surface area contributed by atoms with E-state index in [1.807, 2.05) is 13.0 Å². The fourth-order valence-corrected chi connectivity index (χ4v) is 4.09. The Morgan fingerprint density at radius 2 is 2.06 bits per heavy atom. The van der Waals surface area contributed by atoms with Crippen LogP contribution in [-0.2, 0) is 10.7 Å². The first-order valence-electron chi connectivity index (χ1n) is 10.5.